The minimum Gasteiger partial charge on any atom is -0.393 e. The van der Waals surface area contributed by atoms with E-state index in [1.807, 2.05) is 0 Å². The molecule has 1 fully saturated rings. The monoisotopic (exact) mass is 173 g/mol. The number of hydrogen-bond donors (Lipinski definition) is 2. The lowest BCUT2D eigenvalue weighted by atomic mass is 9.82. The van der Waals surface area contributed by atoms with Crippen LogP contribution in [0.1, 0.15) is 38.5 Å². The van der Waals surface area contributed by atoms with Crippen molar-refractivity contribution >= 4 is 17.2 Å². The highest BCUT2D eigenvalue weighted by atomic mass is 32.1. The molecule has 0 atom stereocenters. The summed E-state index contributed by atoms with van der Waals surface area (Å²) in [7, 11) is 0. The summed E-state index contributed by atoms with van der Waals surface area (Å²) >= 11 is 4.77. The van der Waals surface area contributed by atoms with Gasteiger partial charge in [0, 0.05) is 6.42 Å². The molecule has 0 aromatic rings. The standard InChI is InChI=1S/C8H15NOS/c9-7(11)6-8(10)4-2-1-3-5-8/h10H,1-6H2,(H2,9,11). The van der Waals surface area contributed by atoms with Crippen molar-refractivity contribution in [2.75, 3.05) is 0 Å². The normalized spacial score (nSPS) is 23.0. The molecule has 3 heteroatoms. The lowest BCUT2D eigenvalue weighted by Crippen LogP contribution is -2.35. The van der Waals surface area contributed by atoms with E-state index in [4.69, 9.17) is 18.0 Å². The van der Waals surface area contributed by atoms with Crippen LogP contribution in [0.15, 0.2) is 0 Å². The molecule has 1 saturated carbocycles. The Hall–Kier alpha value is -0.150. The molecule has 3 N–H and O–H groups in total. The van der Waals surface area contributed by atoms with Gasteiger partial charge in [0.1, 0.15) is 0 Å². The van der Waals surface area contributed by atoms with Gasteiger partial charge in [-0.25, -0.2) is 0 Å². The molecule has 11 heavy (non-hydrogen) atoms. The molecule has 1 aliphatic carbocycles. The Labute approximate surface area is 72.8 Å². The molecule has 0 aliphatic heterocycles. The first-order chi connectivity index (χ1) is 5.12. The molecule has 2 nitrogen and oxygen atoms in total. The third-order valence-corrected chi connectivity index (χ3v) is 2.43. The predicted octanol–water partition coefficient (Wildman–Crippen LogP) is 1.36. The zero-order valence-corrected chi connectivity index (χ0v) is 7.49. The summed E-state index contributed by atoms with van der Waals surface area (Å²) in [6.45, 7) is 0. The molecule has 0 heterocycles. The highest BCUT2D eigenvalue weighted by molar-refractivity contribution is 7.80. The Bertz CT molecular complexity index is 152. The molecular weight excluding hydrogens is 158 g/mol. The Morgan fingerprint density at radius 3 is 2.36 bits per heavy atom. The van der Waals surface area contributed by atoms with Gasteiger partial charge in [0.05, 0.1) is 10.6 Å². The van der Waals surface area contributed by atoms with Crippen LogP contribution in [0, 0.1) is 0 Å². The van der Waals surface area contributed by atoms with E-state index in [2.05, 4.69) is 0 Å². The molecule has 0 spiro atoms. The van der Waals surface area contributed by atoms with Gasteiger partial charge in [0.2, 0.25) is 0 Å². The van der Waals surface area contributed by atoms with Crippen LogP contribution < -0.4 is 5.73 Å². The molecule has 1 aliphatic rings. The average molecular weight is 173 g/mol. The third-order valence-electron chi connectivity index (χ3n) is 2.29. The number of hydrogen-bond acceptors (Lipinski definition) is 2. The van der Waals surface area contributed by atoms with Crippen molar-refractivity contribution in [3.05, 3.63) is 0 Å². The molecule has 0 aromatic heterocycles. The summed E-state index contributed by atoms with van der Waals surface area (Å²) in [6.07, 6.45) is 5.69. The molecule has 64 valence electrons. The number of thiocarbonyl (C=S) groups is 1. The maximum Gasteiger partial charge on any atom is 0.0756 e. The SMILES string of the molecule is NC(=S)CC1(O)CCCCC1. The van der Waals surface area contributed by atoms with E-state index in [-0.39, 0.29) is 0 Å². The van der Waals surface area contributed by atoms with Gasteiger partial charge in [0.15, 0.2) is 0 Å². The van der Waals surface area contributed by atoms with Crippen molar-refractivity contribution in [2.24, 2.45) is 5.73 Å². The summed E-state index contributed by atoms with van der Waals surface area (Å²) in [4.78, 5) is 0.439. The summed E-state index contributed by atoms with van der Waals surface area (Å²) < 4.78 is 0. The van der Waals surface area contributed by atoms with Crippen LogP contribution in [-0.2, 0) is 0 Å². The van der Waals surface area contributed by atoms with Crippen LogP contribution in [0.25, 0.3) is 0 Å². The quantitative estimate of drug-likeness (QED) is 0.620. The Morgan fingerprint density at radius 1 is 1.36 bits per heavy atom. The van der Waals surface area contributed by atoms with Gasteiger partial charge < -0.3 is 10.8 Å². The molecule has 0 saturated heterocycles. The van der Waals surface area contributed by atoms with Crippen molar-refractivity contribution in [3.63, 3.8) is 0 Å². The molecule has 0 radical (unpaired) electrons. The molecule has 0 bridgehead atoms. The van der Waals surface area contributed by atoms with E-state index in [1.165, 1.54) is 6.42 Å². The summed E-state index contributed by atoms with van der Waals surface area (Å²) in [6, 6.07) is 0. The van der Waals surface area contributed by atoms with Crippen LogP contribution in [0.2, 0.25) is 0 Å². The number of nitrogens with two attached hydrogens (primary N) is 1. The molecule has 0 unspecified atom stereocenters. The Kier molecular flexibility index (Phi) is 2.84. The van der Waals surface area contributed by atoms with Gasteiger partial charge in [-0.05, 0) is 12.8 Å². The van der Waals surface area contributed by atoms with Crippen molar-refractivity contribution in [1.29, 1.82) is 0 Å². The fourth-order valence-electron chi connectivity index (χ4n) is 1.71. The van der Waals surface area contributed by atoms with Gasteiger partial charge in [0.25, 0.3) is 0 Å². The van der Waals surface area contributed by atoms with E-state index in [0.717, 1.165) is 25.7 Å². The lowest BCUT2D eigenvalue weighted by Gasteiger charge is -2.31. The second-order valence-electron chi connectivity index (χ2n) is 3.43. The summed E-state index contributed by atoms with van der Waals surface area (Å²) in [5.41, 5.74) is 4.81. The van der Waals surface area contributed by atoms with Crippen LogP contribution in [-0.4, -0.2) is 15.7 Å². The van der Waals surface area contributed by atoms with Crippen LogP contribution in [0.3, 0.4) is 0 Å². The highest BCUT2D eigenvalue weighted by Gasteiger charge is 2.29. The zero-order valence-electron chi connectivity index (χ0n) is 6.68. The van der Waals surface area contributed by atoms with Crippen molar-refractivity contribution < 1.29 is 5.11 Å². The second kappa shape index (κ2) is 3.50. The first kappa shape index (κ1) is 8.94. The van der Waals surface area contributed by atoms with E-state index in [9.17, 15) is 5.11 Å². The largest absolute Gasteiger partial charge is 0.393 e. The molecule has 1 rings (SSSR count). The minimum atomic E-state index is -0.565. The van der Waals surface area contributed by atoms with E-state index >= 15 is 0 Å². The van der Waals surface area contributed by atoms with E-state index in [1.54, 1.807) is 0 Å². The fraction of sp³-hybridized carbons (Fsp3) is 0.875. The van der Waals surface area contributed by atoms with Gasteiger partial charge in [-0.3, -0.25) is 0 Å². The minimum absolute atomic E-state index is 0.439. The van der Waals surface area contributed by atoms with E-state index in [0.29, 0.717) is 11.4 Å². The molecular formula is C8H15NOS. The van der Waals surface area contributed by atoms with Gasteiger partial charge in [-0.1, -0.05) is 31.5 Å². The van der Waals surface area contributed by atoms with Crippen LogP contribution in [0.4, 0.5) is 0 Å². The lowest BCUT2D eigenvalue weighted by molar-refractivity contribution is 0.0113. The highest BCUT2D eigenvalue weighted by Crippen LogP contribution is 2.30. The predicted molar refractivity (Wildman–Crippen MR) is 49.4 cm³/mol. The van der Waals surface area contributed by atoms with Crippen molar-refractivity contribution in [3.8, 4) is 0 Å². The topological polar surface area (TPSA) is 46.2 Å². The van der Waals surface area contributed by atoms with Crippen LogP contribution in [0.5, 0.6) is 0 Å². The molecule has 0 aromatic carbocycles. The summed E-state index contributed by atoms with van der Waals surface area (Å²) in [5.74, 6) is 0. The van der Waals surface area contributed by atoms with Crippen LogP contribution >= 0.6 is 12.2 Å². The number of aliphatic hydroxyl groups is 1. The summed E-state index contributed by atoms with van der Waals surface area (Å²) in [5, 5.41) is 9.87. The first-order valence-electron chi connectivity index (χ1n) is 4.13. The zero-order chi connectivity index (χ0) is 8.32. The van der Waals surface area contributed by atoms with Gasteiger partial charge >= 0.3 is 0 Å². The van der Waals surface area contributed by atoms with Gasteiger partial charge in [-0.2, -0.15) is 0 Å². The maximum absolute atomic E-state index is 9.87. The third kappa shape index (κ3) is 2.75. The second-order valence-corrected chi connectivity index (χ2v) is 3.95. The maximum atomic E-state index is 9.87. The fourth-order valence-corrected chi connectivity index (χ4v) is 1.98. The Morgan fingerprint density at radius 2 is 1.91 bits per heavy atom. The van der Waals surface area contributed by atoms with Crippen molar-refractivity contribution in [2.45, 2.75) is 44.1 Å². The average Bonchev–Trinajstić information content (AvgIpc) is 1.85. The smallest absolute Gasteiger partial charge is 0.0756 e. The number of rotatable bonds is 2. The first-order valence-corrected chi connectivity index (χ1v) is 4.54. The van der Waals surface area contributed by atoms with Crippen molar-refractivity contribution in [1.82, 2.24) is 0 Å². The van der Waals surface area contributed by atoms with Gasteiger partial charge in [-0.15, -0.1) is 0 Å². The molecule has 0 amide bonds. The van der Waals surface area contributed by atoms with E-state index < -0.39 is 5.60 Å². The Balaban J connectivity index is 2.43.